The molecule has 21 heavy (non-hydrogen) atoms. The monoisotopic (exact) mass is 292 g/mol. The van der Waals surface area contributed by atoms with E-state index in [-0.39, 0.29) is 5.82 Å². The molecule has 3 atom stereocenters. The Hall–Kier alpha value is -0.930. The van der Waals surface area contributed by atoms with E-state index in [9.17, 15) is 4.39 Å². The van der Waals surface area contributed by atoms with Crippen molar-refractivity contribution < 1.29 is 4.39 Å². The third-order valence-electron chi connectivity index (χ3n) is 4.62. The number of halogens is 1. The molecule has 1 aliphatic rings. The van der Waals surface area contributed by atoms with Gasteiger partial charge >= 0.3 is 0 Å². The molecule has 1 N–H and O–H groups in total. The highest BCUT2D eigenvalue weighted by Gasteiger charge is 2.30. The minimum Gasteiger partial charge on any atom is -0.311 e. The second-order valence-corrected chi connectivity index (χ2v) is 6.72. The smallest absolute Gasteiger partial charge is 0.123 e. The zero-order valence-electron chi connectivity index (χ0n) is 13.8. The van der Waals surface area contributed by atoms with Crippen molar-refractivity contribution in [1.29, 1.82) is 0 Å². The van der Waals surface area contributed by atoms with Crippen LogP contribution in [0.25, 0.3) is 0 Å². The maximum atomic E-state index is 13.1. The molecular formula is C18H29FN2. The molecule has 1 heterocycles. The van der Waals surface area contributed by atoms with E-state index < -0.39 is 0 Å². The quantitative estimate of drug-likeness (QED) is 0.883. The zero-order valence-corrected chi connectivity index (χ0v) is 13.8. The average molecular weight is 292 g/mol. The van der Waals surface area contributed by atoms with Crippen molar-refractivity contribution in [3.8, 4) is 0 Å². The minimum atomic E-state index is -0.156. The van der Waals surface area contributed by atoms with Crippen LogP contribution in [0.15, 0.2) is 24.3 Å². The molecule has 1 saturated heterocycles. The van der Waals surface area contributed by atoms with Crippen molar-refractivity contribution in [3.05, 3.63) is 35.6 Å². The maximum Gasteiger partial charge on any atom is 0.123 e. The SMILES string of the molecule is CCC1CNC(CC(C)C)CN1C(C)c1ccc(F)cc1. The van der Waals surface area contributed by atoms with Gasteiger partial charge in [0.25, 0.3) is 0 Å². The van der Waals surface area contributed by atoms with Crippen LogP contribution in [0, 0.1) is 11.7 Å². The van der Waals surface area contributed by atoms with Crippen molar-refractivity contribution >= 4 is 0 Å². The summed E-state index contributed by atoms with van der Waals surface area (Å²) in [5, 5.41) is 3.70. The molecule has 2 nitrogen and oxygen atoms in total. The lowest BCUT2D eigenvalue weighted by molar-refractivity contribution is 0.0803. The van der Waals surface area contributed by atoms with Crippen LogP contribution in [0.2, 0.25) is 0 Å². The average Bonchev–Trinajstić information content (AvgIpc) is 2.46. The molecule has 0 aliphatic carbocycles. The number of benzene rings is 1. The van der Waals surface area contributed by atoms with Gasteiger partial charge in [0, 0.05) is 31.2 Å². The number of hydrogen-bond acceptors (Lipinski definition) is 2. The van der Waals surface area contributed by atoms with Gasteiger partial charge in [0.2, 0.25) is 0 Å². The summed E-state index contributed by atoms with van der Waals surface area (Å²) in [5.41, 5.74) is 1.21. The van der Waals surface area contributed by atoms with Gasteiger partial charge in [-0.1, -0.05) is 32.9 Å². The van der Waals surface area contributed by atoms with Crippen LogP contribution in [0.4, 0.5) is 4.39 Å². The van der Waals surface area contributed by atoms with Crippen molar-refractivity contribution in [2.24, 2.45) is 5.92 Å². The number of piperazine rings is 1. The molecule has 1 aromatic rings. The van der Waals surface area contributed by atoms with E-state index in [0.29, 0.717) is 24.0 Å². The predicted molar refractivity (Wildman–Crippen MR) is 86.8 cm³/mol. The number of nitrogens with zero attached hydrogens (tertiary/aromatic N) is 1. The molecule has 0 spiro atoms. The van der Waals surface area contributed by atoms with Gasteiger partial charge in [-0.25, -0.2) is 4.39 Å². The lowest BCUT2D eigenvalue weighted by Gasteiger charge is -2.44. The Morgan fingerprint density at radius 2 is 1.90 bits per heavy atom. The lowest BCUT2D eigenvalue weighted by atomic mass is 9.96. The van der Waals surface area contributed by atoms with Crippen molar-refractivity contribution in [3.63, 3.8) is 0 Å². The minimum absolute atomic E-state index is 0.156. The van der Waals surface area contributed by atoms with Crippen LogP contribution in [0.5, 0.6) is 0 Å². The van der Waals surface area contributed by atoms with E-state index in [2.05, 4.69) is 37.9 Å². The largest absolute Gasteiger partial charge is 0.311 e. The molecule has 0 bridgehead atoms. The third-order valence-corrected chi connectivity index (χ3v) is 4.62. The normalized spacial score (nSPS) is 25.2. The van der Waals surface area contributed by atoms with E-state index in [1.807, 2.05) is 12.1 Å². The summed E-state index contributed by atoms with van der Waals surface area (Å²) in [6.07, 6.45) is 2.36. The highest BCUT2D eigenvalue weighted by Crippen LogP contribution is 2.27. The Labute approximate surface area is 128 Å². The molecule has 0 aromatic heterocycles. The molecule has 1 aromatic carbocycles. The van der Waals surface area contributed by atoms with Crippen LogP contribution in [-0.2, 0) is 0 Å². The van der Waals surface area contributed by atoms with Gasteiger partial charge in [-0.3, -0.25) is 4.90 Å². The summed E-state index contributed by atoms with van der Waals surface area (Å²) >= 11 is 0. The summed E-state index contributed by atoms with van der Waals surface area (Å²) in [6, 6.07) is 8.45. The van der Waals surface area contributed by atoms with E-state index in [1.165, 1.54) is 12.0 Å². The first-order chi connectivity index (χ1) is 10.0. The summed E-state index contributed by atoms with van der Waals surface area (Å²) in [6.45, 7) is 11.2. The van der Waals surface area contributed by atoms with Crippen LogP contribution >= 0.6 is 0 Å². The summed E-state index contributed by atoms with van der Waals surface area (Å²) < 4.78 is 13.1. The molecule has 3 unspecified atom stereocenters. The Bertz CT molecular complexity index is 429. The highest BCUT2D eigenvalue weighted by atomic mass is 19.1. The molecule has 0 amide bonds. The van der Waals surface area contributed by atoms with Crippen molar-refractivity contribution in [1.82, 2.24) is 10.2 Å². The second kappa shape index (κ2) is 7.37. The first-order valence-electron chi connectivity index (χ1n) is 8.25. The van der Waals surface area contributed by atoms with Crippen LogP contribution in [0.1, 0.15) is 52.1 Å². The third kappa shape index (κ3) is 4.27. The van der Waals surface area contributed by atoms with E-state index >= 15 is 0 Å². The van der Waals surface area contributed by atoms with Gasteiger partial charge in [-0.05, 0) is 43.4 Å². The first kappa shape index (κ1) is 16.4. The van der Waals surface area contributed by atoms with Crippen molar-refractivity contribution in [2.45, 2.75) is 58.7 Å². The number of rotatable bonds is 5. The first-order valence-corrected chi connectivity index (χ1v) is 8.25. The fourth-order valence-corrected chi connectivity index (χ4v) is 3.40. The van der Waals surface area contributed by atoms with Gasteiger partial charge in [0.15, 0.2) is 0 Å². The summed E-state index contributed by atoms with van der Waals surface area (Å²) in [7, 11) is 0. The Balaban J connectivity index is 2.10. The van der Waals surface area contributed by atoms with E-state index in [0.717, 1.165) is 19.5 Å². The van der Waals surface area contributed by atoms with Gasteiger partial charge in [0.05, 0.1) is 0 Å². The topological polar surface area (TPSA) is 15.3 Å². The van der Waals surface area contributed by atoms with Gasteiger partial charge < -0.3 is 5.32 Å². The predicted octanol–water partition coefficient (Wildman–Crippen LogP) is 3.99. The Kier molecular flexibility index (Phi) is 5.77. The molecule has 118 valence electrons. The zero-order chi connectivity index (χ0) is 15.4. The summed E-state index contributed by atoms with van der Waals surface area (Å²) in [4.78, 5) is 2.59. The summed E-state index contributed by atoms with van der Waals surface area (Å²) in [5.74, 6) is 0.555. The molecular weight excluding hydrogens is 263 g/mol. The van der Waals surface area contributed by atoms with Crippen LogP contribution in [-0.4, -0.2) is 30.1 Å². The maximum absolute atomic E-state index is 13.1. The number of hydrogen-bond donors (Lipinski definition) is 1. The lowest BCUT2D eigenvalue weighted by Crippen LogP contribution is -2.57. The molecule has 1 fully saturated rings. The van der Waals surface area contributed by atoms with Gasteiger partial charge in [-0.2, -0.15) is 0 Å². The second-order valence-electron chi connectivity index (χ2n) is 6.72. The molecule has 0 saturated carbocycles. The van der Waals surface area contributed by atoms with Gasteiger partial charge in [-0.15, -0.1) is 0 Å². The molecule has 1 aliphatic heterocycles. The Morgan fingerprint density at radius 3 is 2.48 bits per heavy atom. The van der Waals surface area contributed by atoms with Gasteiger partial charge in [0.1, 0.15) is 5.82 Å². The van der Waals surface area contributed by atoms with Crippen LogP contribution in [0.3, 0.4) is 0 Å². The fourth-order valence-electron chi connectivity index (χ4n) is 3.40. The van der Waals surface area contributed by atoms with E-state index in [1.54, 1.807) is 12.1 Å². The van der Waals surface area contributed by atoms with E-state index in [4.69, 9.17) is 0 Å². The van der Waals surface area contributed by atoms with Crippen LogP contribution < -0.4 is 5.32 Å². The molecule has 0 radical (unpaired) electrons. The molecule has 2 rings (SSSR count). The number of nitrogens with one attached hydrogen (secondary N) is 1. The Morgan fingerprint density at radius 1 is 1.24 bits per heavy atom. The molecule has 3 heteroatoms. The highest BCUT2D eigenvalue weighted by molar-refractivity contribution is 5.20. The van der Waals surface area contributed by atoms with Crippen molar-refractivity contribution in [2.75, 3.05) is 13.1 Å². The fraction of sp³-hybridized carbons (Fsp3) is 0.667. The standard InChI is InChI=1S/C18H29FN2/c1-5-18-11-20-17(10-13(2)3)12-21(18)14(4)15-6-8-16(19)9-7-15/h6-9,13-14,17-18,20H,5,10-12H2,1-4H3.